The molecule has 76 valence electrons. The van der Waals surface area contributed by atoms with E-state index in [4.69, 9.17) is 15.7 Å². The van der Waals surface area contributed by atoms with E-state index in [1.165, 1.54) is 0 Å². The van der Waals surface area contributed by atoms with Crippen molar-refractivity contribution in [3.63, 3.8) is 0 Å². The van der Waals surface area contributed by atoms with E-state index in [1.54, 1.807) is 6.92 Å². The number of hydrogen-bond acceptors (Lipinski definition) is 3. The Kier molecular flexibility index (Phi) is 3.94. The summed E-state index contributed by atoms with van der Waals surface area (Å²) >= 11 is 0. The Bertz CT molecular complexity index is 298. The number of nitrogens with zero attached hydrogens (tertiary/aromatic N) is 1. The summed E-state index contributed by atoms with van der Waals surface area (Å²) in [5.74, 6) is 0.0842. The largest absolute Gasteiger partial charge is 0.409 e. The lowest BCUT2D eigenvalue weighted by Crippen LogP contribution is -2.28. The molecule has 0 saturated carbocycles. The molecule has 0 saturated heterocycles. The molecule has 0 bridgehead atoms. The Morgan fingerprint density at radius 2 is 2.14 bits per heavy atom. The molecule has 4 nitrogen and oxygen atoms in total. The van der Waals surface area contributed by atoms with Crippen LogP contribution < -0.4 is 5.73 Å². The smallest absolute Gasteiger partial charge is 0.168 e. The Morgan fingerprint density at radius 1 is 1.50 bits per heavy atom. The highest BCUT2D eigenvalue weighted by atomic mass is 16.5. The molecular formula is C10H14N2O2. The lowest BCUT2D eigenvalue weighted by atomic mass is 10.2. The minimum atomic E-state index is -0.375. The van der Waals surface area contributed by atoms with Crippen molar-refractivity contribution in [2.45, 2.75) is 19.6 Å². The van der Waals surface area contributed by atoms with Crippen LogP contribution >= 0.6 is 0 Å². The van der Waals surface area contributed by atoms with Crippen LogP contribution in [0.2, 0.25) is 0 Å². The minimum absolute atomic E-state index is 0.0842. The van der Waals surface area contributed by atoms with E-state index in [2.05, 4.69) is 5.16 Å². The highest BCUT2D eigenvalue weighted by molar-refractivity contribution is 5.83. The topological polar surface area (TPSA) is 67.8 Å². The molecule has 3 N–H and O–H groups in total. The van der Waals surface area contributed by atoms with Crippen LogP contribution in [-0.4, -0.2) is 17.1 Å². The molecule has 0 spiro atoms. The normalized spacial score (nSPS) is 13.9. The number of amidine groups is 1. The lowest BCUT2D eigenvalue weighted by molar-refractivity contribution is 0.0927. The van der Waals surface area contributed by atoms with Gasteiger partial charge >= 0.3 is 0 Å². The van der Waals surface area contributed by atoms with Gasteiger partial charge in [0, 0.05) is 0 Å². The maximum absolute atomic E-state index is 8.39. The summed E-state index contributed by atoms with van der Waals surface area (Å²) < 4.78 is 5.36. The molecule has 0 aromatic heterocycles. The van der Waals surface area contributed by atoms with Gasteiger partial charge in [0.1, 0.15) is 6.10 Å². The van der Waals surface area contributed by atoms with Crippen LogP contribution in [0.25, 0.3) is 0 Å². The van der Waals surface area contributed by atoms with Crippen LogP contribution in [-0.2, 0) is 11.3 Å². The molecule has 0 heterocycles. The van der Waals surface area contributed by atoms with Crippen molar-refractivity contribution in [3.05, 3.63) is 35.9 Å². The number of rotatable bonds is 4. The summed E-state index contributed by atoms with van der Waals surface area (Å²) in [6, 6.07) is 9.73. The van der Waals surface area contributed by atoms with Gasteiger partial charge in [-0.1, -0.05) is 35.5 Å². The molecule has 1 aromatic carbocycles. The summed E-state index contributed by atoms with van der Waals surface area (Å²) in [5.41, 5.74) is 6.42. The monoisotopic (exact) mass is 194 g/mol. The Labute approximate surface area is 83.0 Å². The van der Waals surface area contributed by atoms with Gasteiger partial charge in [0.2, 0.25) is 0 Å². The fourth-order valence-corrected chi connectivity index (χ4v) is 0.962. The van der Waals surface area contributed by atoms with Gasteiger partial charge in [-0.2, -0.15) is 0 Å². The first-order valence-electron chi connectivity index (χ1n) is 4.37. The third-order valence-corrected chi connectivity index (χ3v) is 1.87. The molecule has 0 amide bonds. The van der Waals surface area contributed by atoms with Crippen LogP contribution in [0.1, 0.15) is 12.5 Å². The second-order valence-corrected chi connectivity index (χ2v) is 2.96. The van der Waals surface area contributed by atoms with Gasteiger partial charge in [0.05, 0.1) is 6.61 Å². The Balaban J connectivity index is 2.42. The maximum atomic E-state index is 8.39. The SMILES string of the molecule is CC(OCc1ccccc1)/C(N)=N/O. The first-order chi connectivity index (χ1) is 6.74. The molecular weight excluding hydrogens is 180 g/mol. The third-order valence-electron chi connectivity index (χ3n) is 1.87. The molecule has 1 unspecified atom stereocenters. The van der Waals surface area contributed by atoms with Crippen molar-refractivity contribution in [3.8, 4) is 0 Å². The standard InChI is InChI=1S/C10H14N2O2/c1-8(10(11)12-13)14-7-9-5-3-2-4-6-9/h2-6,8,13H,7H2,1H3,(H2,11,12). The molecule has 0 aliphatic heterocycles. The second kappa shape index (κ2) is 5.24. The molecule has 0 aliphatic carbocycles. The molecule has 0 fully saturated rings. The number of benzene rings is 1. The lowest BCUT2D eigenvalue weighted by Gasteiger charge is -2.10. The van der Waals surface area contributed by atoms with E-state index < -0.39 is 0 Å². The predicted octanol–water partition coefficient (Wildman–Crippen LogP) is 1.34. The van der Waals surface area contributed by atoms with Gasteiger partial charge in [0.15, 0.2) is 5.84 Å². The fraction of sp³-hybridized carbons (Fsp3) is 0.300. The van der Waals surface area contributed by atoms with Crippen LogP contribution in [0.15, 0.2) is 35.5 Å². The number of nitrogens with two attached hydrogens (primary N) is 1. The predicted molar refractivity (Wildman–Crippen MR) is 54.1 cm³/mol. The van der Waals surface area contributed by atoms with Crippen molar-refractivity contribution in [2.75, 3.05) is 0 Å². The van der Waals surface area contributed by atoms with Gasteiger partial charge < -0.3 is 15.7 Å². The zero-order valence-electron chi connectivity index (χ0n) is 8.05. The quantitative estimate of drug-likeness (QED) is 0.329. The molecule has 4 heteroatoms. The molecule has 0 radical (unpaired) electrons. The first kappa shape index (κ1) is 10.5. The van der Waals surface area contributed by atoms with Crippen LogP contribution in [0.4, 0.5) is 0 Å². The highest BCUT2D eigenvalue weighted by Gasteiger charge is 2.07. The van der Waals surface area contributed by atoms with Crippen LogP contribution in [0.5, 0.6) is 0 Å². The summed E-state index contributed by atoms with van der Waals surface area (Å²) in [6.07, 6.45) is -0.375. The number of hydrogen-bond donors (Lipinski definition) is 2. The molecule has 14 heavy (non-hydrogen) atoms. The van der Waals surface area contributed by atoms with Crippen LogP contribution in [0, 0.1) is 0 Å². The average molecular weight is 194 g/mol. The number of oxime groups is 1. The molecule has 1 rings (SSSR count). The number of ether oxygens (including phenoxy) is 1. The van der Waals surface area contributed by atoms with E-state index in [1.807, 2.05) is 30.3 Å². The van der Waals surface area contributed by atoms with Gasteiger partial charge in [-0.05, 0) is 12.5 Å². The Morgan fingerprint density at radius 3 is 2.71 bits per heavy atom. The molecule has 0 aliphatic rings. The Hall–Kier alpha value is -1.55. The van der Waals surface area contributed by atoms with Crippen molar-refractivity contribution in [2.24, 2.45) is 10.9 Å². The van der Waals surface area contributed by atoms with Gasteiger partial charge in [-0.15, -0.1) is 0 Å². The van der Waals surface area contributed by atoms with E-state index in [-0.39, 0.29) is 11.9 Å². The molecule has 1 atom stereocenters. The summed E-state index contributed by atoms with van der Waals surface area (Å²) in [4.78, 5) is 0. The average Bonchev–Trinajstić information content (AvgIpc) is 2.26. The van der Waals surface area contributed by atoms with Crippen molar-refractivity contribution < 1.29 is 9.94 Å². The van der Waals surface area contributed by atoms with Crippen LogP contribution in [0.3, 0.4) is 0 Å². The van der Waals surface area contributed by atoms with Crippen molar-refractivity contribution in [1.82, 2.24) is 0 Å². The van der Waals surface area contributed by atoms with Gasteiger partial charge in [-0.3, -0.25) is 0 Å². The van der Waals surface area contributed by atoms with E-state index in [9.17, 15) is 0 Å². The zero-order chi connectivity index (χ0) is 10.4. The first-order valence-corrected chi connectivity index (χ1v) is 4.37. The van der Waals surface area contributed by atoms with E-state index in [0.717, 1.165) is 5.56 Å². The van der Waals surface area contributed by atoms with Gasteiger partial charge in [-0.25, -0.2) is 0 Å². The van der Waals surface area contributed by atoms with E-state index >= 15 is 0 Å². The van der Waals surface area contributed by atoms with E-state index in [0.29, 0.717) is 6.61 Å². The molecule has 1 aromatic rings. The van der Waals surface area contributed by atoms with Crippen molar-refractivity contribution >= 4 is 5.84 Å². The zero-order valence-corrected chi connectivity index (χ0v) is 8.05. The fourth-order valence-electron chi connectivity index (χ4n) is 0.962. The highest BCUT2D eigenvalue weighted by Crippen LogP contribution is 2.03. The third kappa shape index (κ3) is 3.06. The van der Waals surface area contributed by atoms with Crippen molar-refractivity contribution in [1.29, 1.82) is 0 Å². The summed E-state index contributed by atoms with van der Waals surface area (Å²) in [7, 11) is 0. The summed E-state index contributed by atoms with van der Waals surface area (Å²) in [5, 5.41) is 11.3. The second-order valence-electron chi connectivity index (χ2n) is 2.96. The maximum Gasteiger partial charge on any atom is 0.168 e. The minimum Gasteiger partial charge on any atom is -0.409 e. The van der Waals surface area contributed by atoms with Gasteiger partial charge in [0.25, 0.3) is 0 Å². The summed E-state index contributed by atoms with van der Waals surface area (Å²) in [6.45, 7) is 2.19.